The molecule has 2 unspecified atom stereocenters. The van der Waals surface area contributed by atoms with Gasteiger partial charge in [-0.1, -0.05) is 42.0 Å². The number of halogens is 4. The summed E-state index contributed by atoms with van der Waals surface area (Å²) in [6.45, 7) is 1.91. The molecule has 30 heavy (non-hydrogen) atoms. The van der Waals surface area contributed by atoms with Crippen LogP contribution in [0.4, 0.5) is 18.9 Å². The highest BCUT2D eigenvalue weighted by Gasteiger charge is 2.36. The molecule has 2 aromatic carbocycles. The van der Waals surface area contributed by atoms with Crippen molar-refractivity contribution in [1.29, 1.82) is 0 Å². The Balaban J connectivity index is 2.07. The first-order valence-corrected chi connectivity index (χ1v) is 10.7. The number of para-hydroxylation sites is 1. The van der Waals surface area contributed by atoms with Crippen molar-refractivity contribution in [2.45, 2.75) is 30.2 Å². The number of ether oxygens (including phenoxy) is 2. The fourth-order valence-electron chi connectivity index (χ4n) is 3.04. The van der Waals surface area contributed by atoms with Crippen LogP contribution in [-0.4, -0.2) is 29.2 Å². The van der Waals surface area contributed by atoms with Crippen molar-refractivity contribution in [3.8, 4) is 5.75 Å². The molecule has 1 aliphatic rings. The number of esters is 1. The zero-order valence-corrected chi connectivity index (χ0v) is 18.1. The molecule has 3 rings (SSSR count). The van der Waals surface area contributed by atoms with Crippen molar-refractivity contribution >= 4 is 52.2 Å². The van der Waals surface area contributed by atoms with E-state index in [1.54, 1.807) is 37.3 Å². The van der Waals surface area contributed by atoms with Crippen LogP contribution >= 0.6 is 35.6 Å². The highest BCUT2D eigenvalue weighted by Crippen LogP contribution is 2.49. The zero-order valence-electron chi connectivity index (χ0n) is 15.7. The first-order chi connectivity index (χ1) is 14.2. The van der Waals surface area contributed by atoms with E-state index in [1.807, 2.05) is 0 Å². The van der Waals surface area contributed by atoms with Gasteiger partial charge in [-0.15, -0.1) is 24.9 Å². The van der Waals surface area contributed by atoms with Crippen LogP contribution in [-0.2, 0) is 9.53 Å². The summed E-state index contributed by atoms with van der Waals surface area (Å²) in [4.78, 5) is 12.5. The highest BCUT2D eigenvalue weighted by molar-refractivity contribution is 8.02. The lowest BCUT2D eigenvalue weighted by atomic mass is 10.0. The van der Waals surface area contributed by atoms with Gasteiger partial charge in [-0.25, -0.2) is 0 Å². The predicted octanol–water partition coefficient (Wildman–Crippen LogP) is 6.14. The van der Waals surface area contributed by atoms with E-state index < -0.39 is 22.8 Å². The van der Waals surface area contributed by atoms with Crippen LogP contribution in [0.25, 0.3) is 0 Å². The lowest BCUT2D eigenvalue weighted by Crippen LogP contribution is -2.26. The second-order valence-corrected chi connectivity index (χ2v) is 8.51. The molecular weight excluding hydrogens is 459 g/mol. The average Bonchev–Trinajstić information content (AvgIpc) is 2.78. The van der Waals surface area contributed by atoms with Gasteiger partial charge in [0.15, 0.2) is 0 Å². The number of nitrogens with one attached hydrogen (secondary N) is 1. The molecule has 160 valence electrons. The van der Waals surface area contributed by atoms with Crippen molar-refractivity contribution in [2.75, 3.05) is 11.9 Å². The Kier molecular flexibility index (Phi) is 7.15. The molecule has 2 atom stereocenters. The standard InChI is InChI=1S/C20H17ClF3NO3S2/c1-2-27-17(26)10-16-19(29)25-14-8-7-11(21)9-13(14)18(30-16)12-5-3-4-6-15(12)28-20(22,23)24/h3-9,16,18H,2,10H2,1H3,(H,25,29). The summed E-state index contributed by atoms with van der Waals surface area (Å²) in [5.74, 6) is -0.766. The summed E-state index contributed by atoms with van der Waals surface area (Å²) in [5.41, 5.74) is 1.54. The van der Waals surface area contributed by atoms with Gasteiger partial charge in [-0.2, -0.15) is 0 Å². The van der Waals surface area contributed by atoms with Crippen molar-refractivity contribution in [3.63, 3.8) is 0 Å². The van der Waals surface area contributed by atoms with Crippen LogP contribution in [0.2, 0.25) is 5.02 Å². The molecule has 0 spiro atoms. The van der Waals surface area contributed by atoms with Crippen molar-refractivity contribution in [1.82, 2.24) is 0 Å². The topological polar surface area (TPSA) is 47.6 Å². The Morgan fingerprint density at radius 2 is 1.97 bits per heavy atom. The van der Waals surface area contributed by atoms with Gasteiger partial charge in [0, 0.05) is 16.3 Å². The van der Waals surface area contributed by atoms with Gasteiger partial charge in [-0.3, -0.25) is 4.79 Å². The summed E-state index contributed by atoms with van der Waals surface area (Å²) in [5, 5.41) is 2.38. The third kappa shape index (κ3) is 5.59. The zero-order chi connectivity index (χ0) is 21.9. The maximum absolute atomic E-state index is 13.0. The Bertz CT molecular complexity index is 955. The summed E-state index contributed by atoms with van der Waals surface area (Å²) >= 11 is 12.9. The monoisotopic (exact) mass is 475 g/mol. The van der Waals surface area contributed by atoms with Gasteiger partial charge in [-0.05, 0) is 36.8 Å². The second-order valence-electron chi connectivity index (χ2n) is 6.32. The van der Waals surface area contributed by atoms with Gasteiger partial charge in [0.05, 0.1) is 28.5 Å². The van der Waals surface area contributed by atoms with Crippen LogP contribution < -0.4 is 10.1 Å². The first-order valence-electron chi connectivity index (χ1n) is 8.94. The quantitative estimate of drug-likeness (QED) is 0.414. The number of rotatable bonds is 5. The van der Waals surface area contributed by atoms with Crippen LogP contribution in [0.3, 0.4) is 0 Å². The summed E-state index contributed by atoms with van der Waals surface area (Å²) in [6, 6.07) is 10.9. The number of fused-ring (bicyclic) bond motifs is 1. The van der Waals surface area contributed by atoms with E-state index in [0.29, 0.717) is 26.8 Å². The molecule has 0 radical (unpaired) electrons. The number of benzene rings is 2. The third-order valence-electron chi connectivity index (χ3n) is 4.23. The number of hydrogen-bond acceptors (Lipinski definition) is 5. The number of thiocarbonyl (C=S) groups is 1. The van der Waals surface area contributed by atoms with E-state index in [1.165, 1.54) is 23.9 Å². The SMILES string of the molecule is CCOC(=O)CC1SC(c2ccccc2OC(F)(F)F)c2cc(Cl)ccc2NC1=S. The summed E-state index contributed by atoms with van der Waals surface area (Å²) in [6.07, 6.45) is -4.87. The molecule has 1 N–H and O–H groups in total. The molecule has 0 amide bonds. The normalized spacial score (nSPS) is 18.8. The van der Waals surface area contributed by atoms with E-state index in [-0.39, 0.29) is 18.8 Å². The van der Waals surface area contributed by atoms with Crippen LogP contribution in [0.5, 0.6) is 5.75 Å². The molecule has 0 bridgehead atoms. The molecule has 0 saturated heterocycles. The van der Waals surface area contributed by atoms with E-state index in [9.17, 15) is 18.0 Å². The molecule has 0 aromatic heterocycles. The molecule has 0 aliphatic carbocycles. The largest absolute Gasteiger partial charge is 0.573 e. The van der Waals surface area contributed by atoms with Crippen molar-refractivity contribution in [2.24, 2.45) is 0 Å². The van der Waals surface area contributed by atoms with E-state index in [2.05, 4.69) is 10.1 Å². The highest BCUT2D eigenvalue weighted by atomic mass is 35.5. The maximum atomic E-state index is 13.0. The summed E-state index contributed by atoms with van der Waals surface area (Å²) < 4.78 is 48.2. The van der Waals surface area contributed by atoms with Crippen molar-refractivity contribution in [3.05, 3.63) is 58.6 Å². The Labute approximate surface area is 186 Å². The van der Waals surface area contributed by atoms with Crippen LogP contribution in [0, 0.1) is 0 Å². The number of thioether (sulfide) groups is 1. The van der Waals surface area contributed by atoms with Gasteiger partial charge in [0.25, 0.3) is 0 Å². The van der Waals surface area contributed by atoms with Crippen LogP contribution in [0.1, 0.15) is 29.7 Å². The lowest BCUT2D eigenvalue weighted by Gasteiger charge is -2.23. The molecule has 1 aliphatic heterocycles. The predicted molar refractivity (Wildman–Crippen MR) is 115 cm³/mol. The number of alkyl halides is 3. The Morgan fingerprint density at radius 3 is 2.67 bits per heavy atom. The third-order valence-corrected chi connectivity index (χ3v) is 6.51. The lowest BCUT2D eigenvalue weighted by molar-refractivity contribution is -0.274. The van der Waals surface area contributed by atoms with Gasteiger partial charge in [0.2, 0.25) is 0 Å². The maximum Gasteiger partial charge on any atom is 0.573 e. The van der Waals surface area contributed by atoms with Crippen LogP contribution in [0.15, 0.2) is 42.5 Å². The number of carbonyl (C=O) groups is 1. The smallest absolute Gasteiger partial charge is 0.466 e. The Morgan fingerprint density at radius 1 is 1.23 bits per heavy atom. The van der Waals surface area contributed by atoms with Gasteiger partial charge >= 0.3 is 12.3 Å². The number of hydrogen-bond donors (Lipinski definition) is 1. The molecule has 0 saturated carbocycles. The molecule has 2 aromatic rings. The summed E-state index contributed by atoms with van der Waals surface area (Å²) in [7, 11) is 0. The average molecular weight is 476 g/mol. The minimum Gasteiger partial charge on any atom is -0.466 e. The van der Waals surface area contributed by atoms with E-state index in [4.69, 9.17) is 28.6 Å². The number of anilines is 1. The Hall–Kier alpha value is -1.97. The first kappa shape index (κ1) is 22.7. The molecule has 10 heteroatoms. The van der Waals surface area contributed by atoms with Gasteiger partial charge < -0.3 is 14.8 Å². The minimum absolute atomic E-state index is 0.0230. The van der Waals surface area contributed by atoms with E-state index >= 15 is 0 Å². The van der Waals surface area contributed by atoms with E-state index in [0.717, 1.165) is 0 Å². The second kappa shape index (κ2) is 9.45. The van der Waals surface area contributed by atoms with Gasteiger partial charge in [0.1, 0.15) is 5.75 Å². The fourth-order valence-corrected chi connectivity index (χ4v) is 5.01. The van der Waals surface area contributed by atoms with Crippen molar-refractivity contribution < 1.29 is 27.4 Å². The molecule has 0 fully saturated rings. The molecule has 1 heterocycles. The molecule has 4 nitrogen and oxygen atoms in total. The minimum atomic E-state index is -4.85. The number of carbonyl (C=O) groups excluding carboxylic acids is 1. The fraction of sp³-hybridized carbons (Fsp3) is 0.300. The molecular formula is C20H17ClF3NO3S2.